The van der Waals surface area contributed by atoms with Gasteiger partial charge in [0.1, 0.15) is 6.04 Å². The van der Waals surface area contributed by atoms with Crippen LogP contribution in [0.5, 0.6) is 0 Å². The lowest BCUT2D eigenvalue weighted by atomic mass is 10.1. The largest absolute Gasteiger partial charge is 0.354 e. The van der Waals surface area contributed by atoms with Crippen LogP contribution in [0.4, 0.5) is 0 Å². The van der Waals surface area contributed by atoms with Gasteiger partial charge in [0.05, 0.1) is 0 Å². The molecule has 0 radical (unpaired) electrons. The lowest BCUT2D eigenvalue weighted by Crippen LogP contribution is -2.49. The van der Waals surface area contributed by atoms with Crippen molar-refractivity contribution in [2.24, 2.45) is 0 Å². The molecule has 4 nitrogen and oxygen atoms in total. The number of carbonyl (C=O) groups excluding carboxylic acids is 2. The number of unbranched alkanes of at least 4 members (excludes halogenated alkanes) is 1. The SMILES string of the molecule is CCCCNC(=O)[C@H](CC)N(Cc1ccccc1Cl)C(=O)CC. The molecule has 23 heavy (non-hydrogen) atoms. The summed E-state index contributed by atoms with van der Waals surface area (Å²) < 4.78 is 0. The van der Waals surface area contributed by atoms with Crippen LogP contribution in [0.1, 0.15) is 52.0 Å². The highest BCUT2D eigenvalue weighted by Crippen LogP contribution is 2.20. The summed E-state index contributed by atoms with van der Waals surface area (Å²) in [7, 11) is 0. The van der Waals surface area contributed by atoms with Crippen LogP contribution in [0.2, 0.25) is 5.02 Å². The minimum atomic E-state index is -0.462. The molecule has 0 unspecified atom stereocenters. The molecule has 1 N–H and O–H groups in total. The molecular weight excluding hydrogens is 312 g/mol. The molecule has 0 saturated heterocycles. The van der Waals surface area contributed by atoms with Crippen molar-refractivity contribution >= 4 is 23.4 Å². The molecule has 1 rings (SSSR count). The molecule has 0 heterocycles. The van der Waals surface area contributed by atoms with Gasteiger partial charge < -0.3 is 10.2 Å². The maximum Gasteiger partial charge on any atom is 0.242 e. The van der Waals surface area contributed by atoms with Crippen LogP contribution in [0.3, 0.4) is 0 Å². The van der Waals surface area contributed by atoms with Gasteiger partial charge in [-0.25, -0.2) is 0 Å². The predicted octanol–water partition coefficient (Wildman–Crippen LogP) is 3.77. The average Bonchev–Trinajstić information content (AvgIpc) is 2.56. The van der Waals surface area contributed by atoms with Gasteiger partial charge in [0, 0.05) is 24.5 Å². The Labute approximate surface area is 144 Å². The highest BCUT2D eigenvalue weighted by Gasteiger charge is 2.27. The second kappa shape index (κ2) is 10.3. The monoisotopic (exact) mass is 338 g/mol. The molecule has 0 aliphatic heterocycles. The van der Waals surface area contributed by atoms with Crippen molar-refractivity contribution < 1.29 is 9.59 Å². The maximum atomic E-state index is 12.4. The predicted molar refractivity (Wildman–Crippen MR) is 94.3 cm³/mol. The number of nitrogens with zero attached hydrogens (tertiary/aromatic N) is 1. The van der Waals surface area contributed by atoms with E-state index >= 15 is 0 Å². The summed E-state index contributed by atoms with van der Waals surface area (Å²) in [5, 5.41) is 3.54. The second-order valence-electron chi connectivity index (χ2n) is 5.54. The third-order valence-electron chi connectivity index (χ3n) is 3.82. The standard InChI is InChI=1S/C18H27ClN2O2/c1-4-7-12-20-18(23)16(5-2)21(17(22)6-3)13-14-10-8-9-11-15(14)19/h8-11,16H,4-7,12-13H2,1-3H3,(H,20,23)/t16-/m0/s1. The number of carbonyl (C=O) groups is 2. The van der Waals surface area contributed by atoms with E-state index in [0.29, 0.717) is 31.0 Å². The number of halogens is 1. The first-order valence-electron chi connectivity index (χ1n) is 8.35. The first kappa shape index (κ1) is 19.5. The van der Waals surface area contributed by atoms with E-state index in [0.717, 1.165) is 18.4 Å². The molecule has 0 spiro atoms. The number of rotatable bonds is 9. The van der Waals surface area contributed by atoms with E-state index < -0.39 is 6.04 Å². The number of benzene rings is 1. The van der Waals surface area contributed by atoms with Crippen LogP contribution >= 0.6 is 11.6 Å². The molecule has 1 atom stereocenters. The third kappa shape index (κ3) is 5.87. The summed E-state index contributed by atoms with van der Waals surface area (Å²) in [6, 6.07) is 6.97. The Morgan fingerprint density at radius 2 is 1.91 bits per heavy atom. The van der Waals surface area contributed by atoms with Crippen molar-refractivity contribution in [1.82, 2.24) is 10.2 Å². The zero-order valence-electron chi connectivity index (χ0n) is 14.3. The van der Waals surface area contributed by atoms with Gasteiger partial charge in [-0.2, -0.15) is 0 Å². The van der Waals surface area contributed by atoms with Gasteiger partial charge in [-0.3, -0.25) is 9.59 Å². The van der Waals surface area contributed by atoms with Gasteiger partial charge in [-0.05, 0) is 24.5 Å². The summed E-state index contributed by atoms with van der Waals surface area (Å²) in [6.07, 6.45) is 2.90. The highest BCUT2D eigenvalue weighted by molar-refractivity contribution is 6.31. The molecule has 0 bridgehead atoms. The highest BCUT2D eigenvalue weighted by atomic mass is 35.5. The summed E-state index contributed by atoms with van der Waals surface area (Å²) in [5.74, 6) is -0.128. The van der Waals surface area contributed by atoms with Crippen LogP contribution in [-0.2, 0) is 16.1 Å². The minimum Gasteiger partial charge on any atom is -0.354 e. The molecule has 0 fully saturated rings. The van der Waals surface area contributed by atoms with E-state index in [1.165, 1.54) is 0 Å². The van der Waals surface area contributed by atoms with E-state index in [1.54, 1.807) is 11.0 Å². The maximum absolute atomic E-state index is 12.4. The van der Waals surface area contributed by atoms with E-state index in [4.69, 9.17) is 11.6 Å². The lowest BCUT2D eigenvalue weighted by molar-refractivity contribution is -0.141. The molecule has 0 aromatic heterocycles. The second-order valence-corrected chi connectivity index (χ2v) is 5.94. The Kier molecular flexibility index (Phi) is 8.70. The molecular formula is C18H27ClN2O2. The van der Waals surface area contributed by atoms with Crippen molar-refractivity contribution in [2.75, 3.05) is 6.54 Å². The van der Waals surface area contributed by atoms with Crippen LogP contribution in [0.15, 0.2) is 24.3 Å². The molecule has 0 aliphatic carbocycles. The summed E-state index contributed by atoms with van der Waals surface area (Å²) >= 11 is 6.21. The van der Waals surface area contributed by atoms with Gasteiger partial charge in [0.25, 0.3) is 0 Å². The quantitative estimate of drug-likeness (QED) is 0.697. The fraction of sp³-hybridized carbons (Fsp3) is 0.556. The fourth-order valence-corrected chi connectivity index (χ4v) is 2.63. The zero-order valence-corrected chi connectivity index (χ0v) is 15.0. The van der Waals surface area contributed by atoms with Crippen molar-refractivity contribution in [1.29, 1.82) is 0 Å². The van der Waals surface area contributed by atoms with E-state index in [9.17, 15) is 9.59 Å². The van der Waals surface area contributed by atoms with Gasteiger partial charge in [0.15, 0.2) is 0 Å². The lowest BCUT2D eigenvalue weighted by Gasteiger charge is -2.30. The Morgan fingerprint density at radius 3 is 2.48 bits per heavy atom. The summed E-state index contributed by atoms with van der Waals surface area (Å²) in [5.41, 5.74) is 0.857. The number of nitrogens with one attached hydrogen (secondary N) is 1. The average molecular weight is 339 g/mol. The molecule has 5 heteroatoms. The number of amides is 2. The van der Waals surface area contributed by atoms with Gasteiger partial charge >= 0.3 is 0 Å². The Balaban J connectivity index is 2.92. The molecule has 1 aromatic carbocycles. The van der Waals surface area contributed by atoms with Crippen molar-refractivity contribution in [3.8, 4) is 0 Å². The number of hydrogen-bond donors (Lipinski definition) is 1. The van der Waals surface area contributed by atoms with Gasteiger partial charge in [0.2, 0.25) is 11.8 Å². The smallest absolute Gasteiger partial charge is 0.242 e. The summed E-state index contributed by atoms with van der Waals surface area (Å²) in [4.78, 5) is 26.5. The number of hydrogen-bond acceptors (Lipinski definition) is 2. The fourth-order valence-electron chi connectivity index (χ4n) is 2.44. The Morgan fingerprint density at radius 1 is 1.22 bits per heavy atom. The Hall–Kier alpha value is -1.55. The van der Waals surface area contributed by atoms with Crippen molar-refractivity contribution in [2.45, 2.75) is 59.0 Å². The van der Waals surface area contributed by atoms with E-state index in [1.807, 2.05) is 32.0 Å². The molecule has 128 valence electrons. The van der Waals surface area contributed by atoms with Gasteiger partial charge in [-0.1, -0.05) is 57.0 Å². The third-order valence-corrected chi connectivity index (χ3v) is 4.19. The zero-order chi connectivity index (χ0) is 17.2. The van der Waals surface area contributed by atoms with Crippen LogP contribution in [0.25, 0.3) is 0 Å². The van der Waals surface area contributed by atoms with Gasteiger partial charge in [-0.15, -0.1) is 0 Å². The molecule has 2 amide bonds. The van der Waals surface area contributed by atoms with Crippen LogP contribution in [0, 0.1) is 0 Å². The first-order chi connectivity index (χ1) is 11.0. The molecule has 0 aliphatic rings. The molecule has 0 saturated carbocycles. The topological polar surface area (TPSA) is 49.4 Å². The first-order valence-corrected chi connectivity index (χ1v) is 8.73. The van der Waals surface area contributed by atoms with E-state index in [-0.39, 0.29) is 11.8 Å². The van der Waals surface area contributed by atoms with Crippen LogP contribution in [-0.4, -0.2) is 29.3 Å². The normalized spacial score (nSPS) is 11.8. The Bertz CT molecular complexity index is 519. The summed E-state index contributed by atoms with van der Waals surface area (Å²) in [6.45, 7) is 6.81. The van der Waals surface area contributed by atoms with Crippen LogP contribution < -0.4 is 5.32 Å². The molecule has 1 aromatic rings. The minimum absolute atomic E-state index is 0.0394. The van der Waals surface area contributed by atoms with Crippen molar-refractivity contribution in [3.05, 3.63) is 34.9 Å². The van der Waals surface area contributed by atoms with E-state index in [2.05, 4.69) is 12.2 Å². The van der Waals surface area contributed by atoms with Crippen molar-refractivity contribution in [3.63, 3.8) is 0 Å².